The maximum Gasteiger partial charge on any atom is 0.241 e. The monoisotopic (exact) mass is 356 g/mol. The lowest BCUT2D eigenvalue weighted by Gasteiger charge is -2.57. The maximum atomic E-state index is 12.6. The Hall–Kier alpha value is -1.30. The molecule has 24 heavy (non-hydrogen) atoms. The number of nitrogens with one attached hydrogen (secondary N) is 1. The lowest BCUT2D eigenvalue weighted by atomic mass is 9.54. The fraction of sp³-hybridized carbons (Fsp3) is 0.611. The summed E-state index contributed by atoms with van der Waals surface area (Å²) in [4.78, 5) is 12.6. The van der Waals surface area contributed by atoms with Gasteiger partial charge >= 0.3 is 0 Å². The van der Waals surface area contributed by atoms with Crippen LogP contribution in [0.3, 0.4) is 0 Å². The highest BCUT2D eigenvalue weighted by atomic mass is 35.5. The van der Waals surface area contributed by atoms with Crippen molar-refractivity contribution in [3.05, 3.63) is 29.8 Å². The van der Waals surface area contributed by atoms with Gasteiger partial charge in [-0.15, -0.1) is 12.4 Å². The van der Waals surface area contributed by atoms with Gasteiger partial charge in [-0.25, -0.2) is 0 Å². The summed E-state index contributed by atoms with van der Waals surface area (Å²) in [6.07, 6.45) is 0.586. The molecule has 0 aliphatic heterocycles. The van der Waals surface area contributed by atoms with Crippen LogP contribution in [0.4, 0.5) is 0 Å². The van der Waals surface area contributed by atoms with Gasteiger partial charge in [-0.3, -0.25) is 4.79 Å². The van der Waals surface area contributed by atoms with E-state index in [2.05, 4.69) is 5.32 Å². The zero-order chi connectivity index (χ0) is 17.1. The van der Waals surface area contributed by atoms with Crippen molar-refractivity contribution >= 4 is 18.3 Å². The molecule has 2 atom stereocenters. The van der Waals surface area contributed by atoms with Crippen molar-refractivity contribution in [1.29, 1.82) is 0 Å². The van der Waals surface area contributed by atoms with Crippen LogP contribution in [-0.4, -0.2) is 30.8 Å². The first-order valence-electron chi connectivity index (χ1n) is 8.25. The summed E-state index contributed by atoms with van der Waals surface area (Å²) >= 11 is 0. The molecule has 0 radical (unpaired) electrons. The largest absolute Gasteiger partial charge is 0.494 e. The number of hydrogen-bond acceptors (Lipinski definition) is 4. The quantitative estimate of drug-likeness (QED) is 0.787. The second-order valence-corrected chi connectivity index (χ2v) is 6.60. The number of halogens is 1. The predicted molar refractivity (Wildman–Crippen MR) is 97.4 cm³/mol. The van der Waals surface area contributed by atoms with Gasteiger partial charge in [-0.05, 0) is 31.5 Å². The first-order valence-corrected chi connectivity index (χ1v) is 8.25. The zero-order valence-electron chi connectivity index (χ0n) is 14.9. The van der Waals surface area contributed by atoms with E-state index in [4.69, 9.17) is 15.2 Å². The molecule has 3 N–H and O–H groups in total. The summed E-state index contributed by atoms with van der Waals surface area (Å²) in [5.41, 5.74) is 6.10. The van der Waals surface area contributed by atoms with Crippen molar-refractivity contribution in [3.63, 3.8) is 0 Å². The van der Waals surface area contributed by atoms with E-state index < -0.39 is 5.54 Å². The molecule has 1 aliphatic carbocycles. The smallest absolute Gasteiger partial charge is 0.241 e. The number of benzene rings is 1. The van der Waals surface area contributed by atoms with E-state index in [1.807, 2.05) is 52.0 Å². The first-order chi connectivity index (χ1) is 10.8. The molecule has 0 heterocycles. The lowest BCUT2D eigenvalue weighted by Crippen LogP contribution is -2.75. The van der Waals surface area contributed by atoms with Crippen LogP contribution in [0.15, 0.2) is 24.3 Å². The van der Waals surface area contributed by atoms with Crippen molar-refractivity contribution in [1.82, 2.24) is 5.32 Å². The van der Waals surface area contributed by atoms with Crippen LogP contribution in [-0.2, 0) is 16.1 Å². The fourth-order valence-electron chi connectivity index (χ4n) is 3.07. The summed E-state index contributed by atoms with van der Waals surface area (Å²) in [6, 6.07) is 7.72. The third-order valence-corrected chi connectivity index (χ3v) is 4.90. The maximum absolute atomic E-state index is 12.6. The van der Waals surface area contributed by atoms with Crippen LogP contribution in [0.2, 0.25) is 0 Å². The summed E-state index contributed by atoms with van der Waals surface area (Å²) < 4.78 is 11.1. The standard InChI is InChI=1S/C18H28N2O3.ClH/c1-5-22-14-9-7-8-13(10-14)12-20-16(21)18(19)11-15(23-6-2)17(18,3)4;/h7-10,15H,5-6,11-12,19H2,1-4H3,(H,20,21);1H. The summed E-state index contributed by atoms with van der Waals surface area (Å²) in [6.45, 7) is 9.58. The SMILES string of the molecule is CCOc1cccc(CNC(=O)C2(N)CC(OCC)C2(C)C)c1.Cl. The fourth-order valence-corrected chi connectivity index (χ4v) is 3.07. The molecule has 1 aromatic rings. The number of carbonyl (C=O) groups is 1. The van der Waals surface area contributed by atoms with Gasteiger partial charge in [-0.2, -0.15) is 0 Å². The molecule has 1 amide bonds. The van der Waals surface area contributed by atoms with E-state index in [-0.39, 0.29) is 29.8 Å². The average molecular weight is 357 g/mol. The Labute approximate surface area is 150 Å². The summed E-state index contributed by atoms with van der Waals surface area (Å²) in [5.74, 6) is 0.683. The van der Waals surface area contributed by atoms with Gasteiger partial charge < -0.3 is 20.5 Å². The molecule has 5 nitrogen and oxygen atoms in total. The van der Waals surface area contributed by atoms with E-state index in [9.17, 15) is 4.79 Å². The topological polar surface area (TPSA) is 73.6 Å². The Balaban J connectivity index is 0.00000288. The minimum absolute atomic E-state index is 0. The molecule has 0 saturated heterocycles. The second kappa shape index (κ2) is 8.19. The first kappa shape index (κ1) is 20.7. The average Bonchev–Trinajstić information content (AvgIpc) is 2.53. The van der Waals surface area contributed by atoms with Crippen LogP contribution >= 0.6 is 12.4 Å². The van der Waals surface area contributed by atoms with Crippen LogP contribution < -0.4 is 15.8 Å². The van der Waals surface area contributed by atoms with Crippen molar-refractivity contribution in [2.75, 3.05) is 13.2 Å². The Bertz CT molecular complexity index is 565. The minimum Gasteiger partial charge on any atom is -0.494 e. The number of carbonyl (C=O) groups excluding carboxylic acids is 1. The summed E-state index contributed by atoms with van der Waals surface area (Å²) in [5, 5.41) is 2.95. The van der Waals surface area contributed by atoms with Crippen LogP contribution in [0.5, 0.6) is 5.75 Å². The van der Waals surface area contributed by atoms with E-state index >= 15 is 0 Å². The number of ether oxygens (including phenoxy) is 2. The highest BCUT2D eigenvalue weighted by Crippen LogP contribution is 2.49. The molecule has 1 saturated carbocycles. The number of rotatable bonds is 7. The highest BCUT2D eigenvalue weighted by Gasteiger charge is 2.62. The molecule has 1 aliphatic rings. The predicted octanol–water partition coefficient (Wildman–Crippen LogP) is 2.66. The van der Waals surface area contributed by atoms with Crippen LogP contribution in [0, 0.1) is 5.41 Å². The molecule has 6 heteroatoms. The van der Waals surface area contributed by atoms with Crippen molar-refractivity contribution < 1.29 is 14.3 Å². The van der Waals surface area contributed by atoms with Gasteiger partial charge in [0.1, 0.15) is 11.3 Å². The van der Waals surface area contributed by atoms with Crippen LogP contribution in [0.25, 0.3) is 0 Å². The molecule has 0 spiro atoms. The molecule has 0 bridgehead atoms. The van der Waals surface area contributed by atoms with Gasteiger partial charge in [0.15, 0.2) is 0 Å². The van der Waals surface area contributed by atoms with Crippen molar-refractivity contribution in [3.8, 4) is 5.75 Å². The Morgan fingerprint density at radius 3 is 2.62 bits per heavy atom. The van der Waals surface area contributed by atoms with Gasteiger partial charge in [0.25, 0.3) is 0 Å². The number of hydrogen-bond donors (Lipinski definition) is 2. The zero-order valence-corrected chi connectivity index (χ0v) is 15.7. The molecular formula is C18H29ClN2O3. The van der Waals surface area contributed by atoms with Gasteiger partial charge in [0.05, 0.1) is 12.7 Å². The van der Waals surface area contributed by atoms with Gasteiger partial charge in [0.2, 0.25) is 5.91 Å². The summed E-state index contributed by atoms with van der Waals surface area (Å²) in [7, 11) is 0. The molecular weight excluding hydrogens is 328 g/mol. The minimum atomic E-state index is -0.885. The van der Waals surface area contributed by atoms with Gasteiger partial charge in [0, 0.05) is 25.0 Å². The molecule has 2 rings (SSSR count). The Kier molecular flexibility index (Phi) is 7.08. The third-order valence-electron chi connectivity index (χ3n) is 4.90. The highest BCUT2D eigenvalue weighted by molar-refractivity contribution is 5.88. The Morgan fingerprint density at radius 1 is 1.33 bits per heavy atom. The molecule has 1 fully saturated rings. The second-order valence-electron chi connectivity index (χ2n) is 6.60. The molecule has 2 unspecified atom stereocenters. The van der Waals surface area contributed by atoms with E-state index in [1.54, 1.807) is 0 Å². The van der Waals surface area contributed by atoms with E-state index in [1.165, 1.54) is 0 Å². The number of nitrogens with two attached hydrogens (primary N) is 1. The number of amides is 1. The molecule has 136 valence electrons. The lowest BCUT2D eigenvalue weighted by molar-refractivity contribution is -0.170. The molecule has 0 aromatic heterocycles. The van der Waals surface area contributed by atoms with E-state index in [0.717, 1.165) is 11.3 Å². The van der Waals surface area contributed by atoms with Crippen LogP contribution in [0.1, 0.15) is 39.7 Å². The van der Waals surface area contributed by atoms with Crippen molar-refractivity contribution in [2.24, 2.45) is 11.1 Å². The normalized spacial score (nSPS) is 24.5. The Morgan fingerprint density at radius 2 is 2.04 bits per heavy atom. The van der Waals surface area contributed by atoms with Crippen molar-refractivity contribution in [2.45, 2.75) is 52.3 Å². The van der Waals surface area contributed by atoms with E-state index in [0.29, 0.717) is 26.2 Å². The molecule has 1 aromatic carbocycles. The van der Waals surface area contributed by atoms with Gasteiger partial charge in [-0.1, -0.05) is 26.0 Å². The third kappa shape index (κ3) is 3.85.